The topological polar surface area (TPSA) is 91.2 Å². The number of hydrogen-bond donors (Lipinski definition) is 2. The highest BCUT2D eigenvalue weighted by Gasteiger charge is 2.21. The maximum atomic E-state index is 12.5. The van der Waals surface area contributed by atoms with E-state index in [0.717, 1.165) is 51.4 Å². The monoisotopic (exact) mass is 420 g/mol. The summed E-state index contributed by atoms with van der Waals surface area (Å²) in [6.45, 7) is 8.04. The molecule has 162 valence electrons. The van der Waals surface area contributed by atoms with Crippen LogP contribution in [0.3, 0.4) is 0 Å². The molecule has 2 aliphatic rings. The van der Waals surface area contributed by atoms with Crippen molar-refractivity contribution in [2.45, 2.75) is 19.4 Å². The molecule has 31 heavy (non-hydrogen) atoms. The molecule has 2 aromatic heterocycles. The van der Waals surface area contributed by atoms with Crippen LogP contribution in [-0.4, -0.2) is 70.7 Å². The Kier molecular flexibility index (Phi) is 5.29. The van der Waals surface area contributed by atoms with Gasteiger partial charge >= 0.3 is 0 Å². The van der Waals surface area contributed by atoms with Crippen molar-refractivity contribution < 1.29 is 0 Å². The van der Waals surface area contributed by atoms with Crippen molar-refractivity contribution in [1.29, 1.82) is 0 Å². The third-order valence-corrected chi connectivity index (χ3v) is 6.23. The summed E-state index contributed by atoms with van der Waals surface area (Å²) in [5.74, 6) is 0.464. The average Bonchev–Trinajstić information content (AvgIpc) is 3.29. The molecular weight excluding hydrogens is 392 g/mol. The molecule has 0 bridgehead atoms. The van der Waals surface area contributed by atoms with E-state index in [9.17, 15) is 4.79 Å². The van der Waals surface area contributed by atoms with Gasteiger partial charge in [0.05, 0.1) is 18.4 Å². The second-order valence-corrected chi connectivity index (χ2v) is 8.43. The van der Waals surface area contributed by atoms with Gasteiger partial charge in [-0.15, -0.1) is 0 Å². The fourth-order valence-electron chi connectivity index (χ4n) is 4.46. The zero-order valence-electron chi connectivity index (χ0n) is 18.0. The first-order chi connectivity index (χ1) is 15.1. The lowest BCUT2D eigenvalue weighted by Gasteiger charge is -2.35. The minimum atomic E-state index is -0.127. The van der Waals surface area contributed by atoms with E-state index < -0.39 is 0 Å². The van der Waals surface area contributed by atoms with Gasteiger partial charge in [-0.1, -0.05) is 0 Å². The second kappa shape index (κ2) is 8.24. The molecule has 0 aliphatic carbocycles. The number of hydrogen-bond acceptors (Lipinski definition) is 8. The van der Waals surface area contributed by atoms with Crippen LogP contribution in [0, 0.1) is 6.92 Å². The highest BCUT2D eigenvalue weighted by Crippen LogP contribution is 2.26. The first-order valence-corrected chi connectivity index (χ1v) is 10.8. The molecule has 2 saturated heterocycles. The zero-order chi connectivity index (χ0) is 21.4. The normalized spacial score (nSPS) is 19.8. The summed E-state index contributed by atoms with van der Waals surface area (Å²) < 4.78 is 1.75. The van der Waals surface area contributed by atoms with Gasteiger partial charge in [0.25, 0.3) is 5.56 Å². The Bertz CT molecular complexity index is 1150. The van der Waals surface area contributed by atoms with E-state index in [4.69, 9.17) is 0 Å². The van der Waals surface area contributed by atoms with Crippen LogP contribution < -0.4 is 21.1 Å². The van der Waals surface area contributed by atoms with Crippen LogP contribution in [0.5, 0.6) is 0 Å². The number of piperazine rings is 1. The van der Waals surface area contributed by atoms with Crippen LogP contribution in [0.4, 0.5) is 17.3 Å². The lowest BCUT2D eigenvalue weighted by molar-refractivity contribution is 0.312. The quantitative estimate of drug-likeness (QED) is 0.657. The largest absolute Gasteiger partial charge is 0.369 e. The van der Waals surface area contributed by atoms with Gasteiger partial charge in [0.2, 0.25) is 5.95 Å². The highest BCUT2D eigenvalue weighted by atomic mass is 16.1. The molecular formula is C22H28N8O. The molecule has 2 aliphatic heterocycles. The van der Waals surface area contributed by atoms with Gasteiger partial charge in [-0.05, 0) is 50.7 Å². The lowest BCUT2D eigenvalue weighted by atomic mass is 10.1. The number of nitrogens with zero attached hydrogens (tertiary/aromatic N) is 6. The summed E-state index contributed by atoms with van der Waals surface area (Å²) in [4.78, 5) is 30.6. The molecule has 3 aromatic rings. The molecule has 9 nitrogen and oxygen atoms in total. The minimum Gasteiger partial charge on any atom is -0.369 e. The fraction of sp³-hybridized carbons (Fsp3) is 0.455. The van der Waals surface area contributed by atoms with Crippen molar-refractivity contribution in [3.63, 3.8) is 0 Å². The van der Waals surface area contributed by atoms with Gasteiger partial charge in [0, 0.05) is 44.1 Å². The van der Waals surface area contributed by atoms with Gasteiger partial charge in [-0.25, -0.2) is 9.97 Å². The number of anilines is 3. The van der Waals surface area contributed by atoms with Crippen LogP contribution in [-0.2, 0) is 0 Å². The third-order valence-electron chi connectivity index (χ3n) is 6.23. The number of aromatic nitrogens is 4. The van der Waals surface area contributed by atoms with Crippen molar-refractivity contribution in [2.75, 3.05) is 56.5 Å². The zero-order valence-corrected chi connectivity index (χ0v) is 18.0. The van der Waals surface area contributed by atoms with Gasteiger partial charge < -0.3 is 20.4 Å². The van der Waals surface area contributed by atoms with Crippen molar-refractivity contribution in [3.05, 3.63) is 46.5 Å². The summed E-state index contributed by atoms with van der Waals surface area (Å²) in [5.41, 5.74) is 4.48. The first kappa shape index (κ1) is 19.9. The molecule has 2 fully saturated rings. The van der Waals surface area contributed by atoms with Gasteiger partial charge in [-0.3, -0.25) is 9.36 Å². The van der Waals surface area contributed by atoms with Crippen LogP contribution >= 0.6 is 0 Å². The number of nitrogens with one attached hydrogen (secondary N) is 2. The Morgan fingerprint density at radius 2 is 1.97 bits per heavy atom. The maximum Gasteiger partial charge on any atom is 0.270 e. The number of fused-ring (bicyclic) bond motifs is 1. The van der Waals surface area contributed by atoms with Crippen molar-refractivity contribution in [2.24, 2.45) is 0 Å². The minimum absolute atomic E-state index is 0.0888. The third kappa shape index (κ3) is 3.98. The molecule has 1 atom stereocenters. The van der Waals surface area contributed by atoms with E-state index in [1.54, 1.807) is 10.8 Å². The van der Waals surface area contributed by atoms with E-state index in [1.807, 2.05) is 0 Å². The molecule has 0 spiro atoms. The average molecular weight is 421 g/mol. The summed E-state index contributed by atoms with van der Waals surface area (Å²) in [5, 5.41) is 6.62. The Morgan fingerprint density at radius 3 is 2.71 bits per heavy atom. The van der Waals surface area contributed by atoms with Gasteiger partial charge in [0.15, 0.2) is 5.65 Å². The molecule has 1 aromatic carbocycles. The maximum absolute atomic E-state index is 12.5. The van der Waals surface area contributed by atoms with E-state index in [1.165, 1.54) is 17.4 Å². The molecule has 9 heteroatoms. The first-order valence-electron chi connectivity index (χ1n) is 10.8. The summed E-state index contributed by atoms with van der Waals surface area (Å²) in [6, 6.07) is 6.43. The SMILES string of the molecule is Cc1cc(Nc2ncc3ncc(=O)n([C@H]4CCNC4)c3n2)ccc1N1CCN(C)CC1. The van der Waals surface area contributed by atoms with Crippen molar-refractivity contribution in [3.8, 4) is 0 Å². The van der Waals surface area contributed by atoms with E-state index >= 15 is 0 Å². The molecule has 4 heterocycles. The number of likely N-dealkylation sites (N-methyl/N-ethyl adjacent to an activating group) is 1. The molecule has 0 unspecified atom stereocenters. The van der Waals surface area contributed by atoms with E-state index in [-0.39, 0.29) is 11.6 Å². The predicted octanol–water partition coefficient (Wildman–Crippen LogP) is 1.52. The van der Waals surface area contributed by atoms with Crippen LogP contribution in [0.2, 0.25) is 0 Å². The molecule has 0 radical (unpaired) electrons. The number of rotatable bonds is 4. The predicted molar refractivity (Wildman–Crippen MR) is 122 cm³/mol. The molecule has 5 rings (SSSR count). The Labute approximate surface area is 181 Å². The van der Waals surface area contributed by atoms with E-state index in [0.29, 0.717) is 17.1 Å². The summed E-state index contributed by atoms with van der Waals surface area (Å²) in [6.07, 6.45) is 3.94. The van der Waals surface area contributed by atoms with Crippen LogP contribution in [0.15, 0.2) is 35.4 Å². The van der Waals surface area contributed by atoms with Gasteiger partial charge in [-0.2, -0.15) is 4.98 Å². The lowest BCUT2D eigenvalue weighted by Crippen LogP contribution is -2.44. The van der Waals surface area contributed by atoms with Crippen molar-refractivity contribution in [1.82, 2.24) is 29.7 Å². The Hall–Kier alpha value is -3.04. The molecule has 2 N–H and O–H groups in total. The summed E-state index contributed by atoms with van der Waals surface area (Å²) in [7, 11) is 2.17. The smallest absolute Gasteiger partial charge is 0.270 e. The van der Waals surface area contributed by atoms with Gasteiger partial charge in [0.1, 0.15) is 5.52 Å². The van der Waals surface area contributed by atoms with E-state index in [2.05, 4.69) is 67.6 Å². The highest BCUT2D eigenvalue weighted by molar-refractivity contribution is 5.72. The Balaban J connectivity index is 1.42. The van der Waals surface area contributed by atoms with Crippen molar-refractivity contribution >= 4 is 28.5 Å². The fourth-order valence-corrected chi connectivity index (χ4v) is 4.46. The summed E-state index contributed by atoms with van der Waals surface area (Å²) >= 11 is 0. The molecule has 0 amide bonds. The molecule has 0 saturated carbocycles. The number of aryl methyl sites for hydroxylation is 1. The standard InChI is InChI=1S/C22H28N8O/c1-15-11-16(3-4-19(15)29-9-7-28(2)8-10-29)26-22-25-13-18-21(27-22)30(20(31)14-24-18)17-5-6-23-12-17/h3-4,11,13-14,17,23H,5-10,12H2,1-2H3,(H,25,26,27)/t17-/m0/s1. The Morgan fingerprint density at radius 1 is 1.13 bits per heavy atom. The number of benzene rings is 1. The van der Waals surface area contributed by atoms with Crippen LogP contribution in [0.1, 0.15) is 18.0 Å². The second-order valence-electron chi connectivity index (χ2n) is 8.43. The van der Waals surface area contributed by atoms with Crippen LogP contribution in [0.25, 0.3) is 11.2 Å².